The molecule has 3 N–H and O–H groups in total. The fraction of sp³-hybridized carbons (Fsp3) is 0.500. The molecule has 0 atom stereocenters. The molecule has 160 valence electrons. The van der Waals surface area contributed by atoms with Crippen molar-refractivity contribution < 1.29 is 23.4 Å². The van der Waals surface area contributed by atoms with Crippen molar-refractivity contribution in [3.63, 3.8) is 0 Å². The zero-order valence-electron chi connectivity index (χ0n) is 16.4. The lowest BCUT2D eigenvalue weighted by Crippen LogP contribution is -2.49. The van der Waals surface area contributed by atoms with Crippen LogP contribution < -0.4 is 20.7 Å². The Labute approximate surface area is 171 Å². The van der Waals surface area contributed by atoms with Gasteiger partial charge in [-0.3, -0.25) is 0 Å². The molecule has 2 aromatic heterocycles. The van der Waals surface area contributed by atoms with E-state index in [0.717, 1.165) is 0 Å². The monoisotopic (exact) mass is 419 g/mol. The summed E-state index contributed by atoms with van der Waals surface area (Å²) in [7, 11) is 1.30. The van der Waals surface area contributed by atoms with Crippen LogP contribution in [0, 0.1) is 5.82 Å². The lowest BCUT2D eigenvalue weighted by Gasteiger charge is -2.35. The maximum Gasteiger partial charge on any atom is 0.407 e. The van der Waals surface area contributed by atoms with Gasteiger partial charge in [-0.05, 0) is 0 Å². The van der Waals surface area contributed by atoms with Crippen LogP contribution in [0.4, 0.5) is 21.1 Å². The number of nitrogens with one attached hydrogen (secondary N) is 1. The largest absolute Gasteiger partial charge is 0.472 e. The van der Waals surface area contributed by atoms with Gasteiger partial charge in [0.2, 0.25) is 17.7 Å². The molecule has 11 nitrogen and oxygen atoms in total. The van der Waals surface area contributed by atoms with Crippen molar-refractivity contribution >= 4 is 18.0 Å². The van der Waals surface area contributed by atoms with Crippen LogP contribution in [0.25, 0.3) is 11.3 Å². The Morgan fingerprint density at radius 1 is 1.27 bits per heavy atom. The maximum atomic E-state index is 15.2. The number of amides is 1. The van der Waals surface area contributed by atoms with Gasteiger partial charge in [0.1, 0.15) is 11.8 Å². The molecule has 2 fully saturated rings. The summed E-state index contributed by atoms with van der Waals surface area (Å²) in [5, 5.41) is 2.68. The number of carbonyl (C=O) groups excluding carboxylic acids is 1. The molecule has 1 amide bonds. The Bertz CT molecular complexity index is 902. The van der Waals surface area contributed by atoms with E-state index in [2.05, 4.69) is 30.0 Å². The SMILES string of the molecule is COC(=O)NC1CC(Oc2nc(N3CCOCC3)nc(-c3cnc(N)nc3)c2F)C1. The zero-order valence-corrected chi connectivity index (χ0v) is 16.4. The van der Waals surface area contributed by atoms with Crippen LogP contribution in [-0.2, 0) is 9.47 Å². The Balaban J connectivity index is 1.58. The number of ether oxygens (including phenoxy) is 3. The molecule has 1 aliphatic heterocycles. The number of methoxy groups -OCH3 is 1. The number of aromatic nitrogens is 4. The van der Waals surface area contributed by atoms with Crippen molar-refractivity contribution in [2.75, 3.05) is 44.0 Å². The molecule has 1 aliphatic carbocycles. The van der Waals surface area contributed by atoms with Gasteiger partial charge >= 0.3 is 6.09 Å². The summed E-state index contributed by atoms with van der Waals surface area (Å²) in [6.07, 6.45) is 3.05. The lowest BCUT2D eigenvalue weighted by molar-refractivity contribution is 0.0725. The molecular formula is C18H22FN7O4. The molecule has 2 aliphatic rings. The standard InChI is InChI=1S/C18H22FN7O4/c1-28-18(27)23-11-6-12(7-11)30-15-13(19)14(10-8-21-16(20)22-9-10)24-17(25-15)26-2-4-29-5-3-26/h8-9,11-12H,2-7H2,1H3,(H,23,27)(H2,20,21,22). The lowest BCUT2D eigenvalue weighted by atomic mass is 9.89. The average Bonchev–Trinajstić information content (AvgIpc) is 2.74. The highest BCUT2D eigenvalue weighted by Gasteiger charge is 2.34. The summed E-state index contributed by atoms with van der Waals surface area (Å²) in [5.41, 5.74) is 5.93. The van der Waals surface area contributed by atoms with Crippen molar-refractivity contribution in [2.45, 2.75) is 25.0 Å². The number of anilines is 2. The van der Waals surface area contributed by atoms with Gasteiger partial charge < -0.3 is 30.2 Å². The second kappa shape index (κ2) is 8.61. The summed E-state index contributed by atoms with van der Waals surface area (Å²) in [4.78, 5) is 29.7. The number of morpholine rings is 1. The molecule has 2 aromatic rings. The Morgan fingerprint density at radius 3 is 2.63 bits per heavy atom. The van der Waals surface area contributed by atoms with Gasteiger partial charge in [-0.25, -0.2) is 19.7 Å². The van der Waals surface area contributed by atoms with Crippen LogP contribution >= 0.6 is 0 Å². The molecule has 0 spiro atoms. The Hall–Kier alpha value is -3.28. The van der Waals surface area contributed by atoms with E-state index in [9.17, 15) is 4.79 Å². The first-order chi connectivity index (χ1) is 14.5. The van der Waals surface area contributed by atoms with Gasteiger partial charge in [0.15, 0.2) is 0 Å². The minimum Gasteiger partial charge on any atom is -0.472 e. The predicted molar refractivity (Wildman–Crippen MR) is 103 cm³/mol. The first-order valence-corrected chi connectivity index (χ1v) is 9.52. The summed E-state index contributed by atoms with van der Waals surface area (Å²) < 4.78 is 31.0. The second-order valence-electron chi connectivity index (χ2n) is 6.96. The van der Waals surface area contributed by atoms with E-state index >= 15 is 4.39 Å². The quantitative estimate of drug-likeness (QED) is 0.714. The van der Waals surface area contributed by atoms with E-state index in [1.54, 1.807) is 0 Å². The number of nitrogens with zero attached hydrogens (tertiary/aromatic N) is 5. The molecule has 3 heterocycles. The summed E-state index contributed by atoms with van der Waals surface area (Å²) in [6, 6.07) is -0.0870. The number of alkyl carbamates (subject to hydrolysis) is 1. The van der Waals surface area contributed by atoms with Crippen LogP contribution in [0.1, 0.15) is 12.8 Å². The predicted octanol–water partition coefficient (Wildman–Crippen LogP) is 0.757. The summed E-state index contributed by atoms with van der Waals surface area (Å²) in [5.74, 6) is -0.439. The van der Waals surface area contributed by atoms with Crippen molar-refractivity contribution in [3.05, 3.63) is 18.2 Å². The van der Waals surface area contributed by atoms with E-state index in [-0.39, 0.29) is 29.7 Å². The number of nitrogen functional groups attached to an aromatic ring is 1. The number of hydrogen-bond acceptors (Lipinski definition) is 10. The van der Waals surface area contributed by atoms with Gasteiger partial charge in [-0.15, -0.1) is 0 Å². The first-order valence-electron chi connectivity index (χ1n) is 9.52. The van der Waals surface area contributed by atoms with Gasteiger partial charge in [0, 0.05) is 49.9 Å². The van der Waals surface area contributed by atoms with Crippen LogP contribution in [0.15, 0.2) is 12.4 Å². The number of hydrogen-bond donors (Lipinski definition) is 2. The van der Waals surface area contributed by atoms with Gasteiger partial charge in [-0.1, -0.05) is 0 Å². The molecule has 0 aromatic carbocycles. The summed E-state index contributed by atoms with van der Waals surface area (Å²) in [6.45, 7) is 2.22. The van der Waals surface area contributed by atoms with Gasteiger partial charge in [0.05, 0.1) is 20.3 Å². The molecule has 30 heavy (non-hydrogen) atoms. The highest BCUT2D eigenvalue weighted by molar-refractivity contribution is 5.67. The first kappa shape index (κ1) is 20.0. The fourth-order valence-corrected chi connectivity index (χ4v) is 3.21. The third-order valence-electron chi connectivity index (χ3n) is 4.93. The minimum absolute atomic E-state index is 0.0325. The van der Waals surface area contributed by atoms with E-state index < -0.39 is 11.9 Å². The van der Waals surface area contributed by atoms with E-state index in [4.69, 9.17) is 15.2 Å². The smallest absolute Gasteiger partial charge is 0.407 e. The molecule has 0 radical (unpaired) electrons. The molecule has 0 bridgehead atoms. The number of rotatable bonds is 5. The summed E-state index contributed by atoms with van der Waals surface area (Å²) >= 11 is 0. The number of carbonyl (C=O) groups is 1. The average molecular weight is 419 g/mol. The van der Waals surface area contributed by atoms with Crippen molar-refractivity contribution in [1.29, 1.82) is 0 Å². The number of nitrogens with two attached hydrogens (primary N) is 1. The molecule has 1 saturated heterocycles. The van der Waals surface area contributed by atoms with E-state index in [1.165, 1.54) is 19.5 Å². The second-order valence-corrected chi connectivity index (χ2v) is 6.96. The highest BCUT2D eigenvalue weighted by Crippen LogP contribution is 2.32. The van der Waals surface area contributed by atoms with E-state index in [0.29, 0.717) is 50.7 Å². The fourth-order valence-electron chi connectivity index (χ4n) is 3.21. The van der Waals surface area contributed by atoms with Gasteiger partial charge in [0.25, 0.3) is 5.88 Å². The number of halogens is 1. The van der Waals surface area contributed by atoms with E-state index in [1.807, 2.05) is 4.90 Å². The van der Waals surface area contributed by atoms with Crippen molar-refractivity contribution in [2.24, 2.45) is 0 Å². The van der Waals surface area contributed by atoms with Gasteiger partial charge in [-0.2, -0.15) is 9.37 Å². The van der Waals surface area contributed by atoms with Crippen molar-refractivity contribution in [3.8, 4) is 17.1 Å². The third kappa shape index (κ3) is 4.32. The van der Waals surface area contributed by atoms with Crippen LogP contribution in [0.5, 0.6) is 5.88 Å². The van der Waals surface area contributed by atoms with Crippen LogP contribution in [-0.4, -0.2) is 71.6 Å². The van der Waals surface area contributed by atoms with Crippen molar-refractivity contribution in [1.82, 2.24) is 25.3 Å². The molecule has 0 unspecified atom stereocenters. The zero-order chi connectivity index (χ0) is 21.1. The van der Waals surface area contributed by atoms with Crippen LogP contribution in [0.3, 0.4) is 0 Å². The normalized spacial score (nSPS) is 20.9. The topological polar surface area (TPSA) is 138 Å². The molecule has 1 saturated carbocycles. The molecule has 12 heteroatoms. The molecular weight excluding hydrogens is 397 g/mol. The maximum absolute atomic E-state index is 15.2. The Kier molecular flexibility index (Phi) is 5.74. The highest BCUT2D eigenvalue weighted by atomic mass is 19.1. The van der Waals surface area contributed by atoms with Crippen LogP contribution in [0.2, 0.25) is 0 Å². The third-order valence-corrected chi connectivity index (χ3v) is 4.93. The molecule has 4 rings (SSSR count). The minimum atomic E-state index is -0.704. The Morgan fingerprint density at radius 2 is 1.97 bits per heavy atom.